The third kappa shape index (κ3) is 5.03. The van der Waals surface area contributed by atoms with Gasteiger partial charge in [-0.2, -0.15) is 11.8 Å². The maximum atomic E-state index is 12.1. The molecule has 110 valence electrons. The van der Waals surface area contributed by atoms with Gasteiger partial charge in [0.2, 0.25) is 5.91 Å². The van der Waals surface area contributed by atoms with Gasteiger partial charge in [-0.25, -0.2) is 0 Å². The van der Waals surface area contributed by atoms with Gasteiger partial charge in [0.25, 0.3) is 0 Å². The van der Waals surface area contributed by atoms with Crippen molar-refractivity contribution in [2.75, 3.05) is 18.6 Å². The van der Waals surface area contributed by atoms with Crippen molar-refractivity contribution in [2.24, 2.45) is 11.8 Å². The van der Waals surface area contributed by atoms with Crippen molar-refractivity contribution in [3.8, 4) is 0 Å². The van der Waals surface area contributed by atoms with Crippen LogP contribution in [-0.2, 0) is 9.59 Å². The number of thioether (sulfide) groups is 1. The van der Waals surface area contributed by atoms with E-state index in [-0.39, 0.29) is 12.5 Å². The van der Waals surface area contributed by atoms with Crippen LogP contribution in [0, 0.1) is 11.8 Å². The summed E-state index contributed by atoms with van der Waals surface area (Å²) in [6, 6.07) is 0. The van der Waals surface area contributed by atoms with E-state index in [1.54, 1.807) is 6.92 Å². The van der Waals surface area contributed by atoms with E-state index in [0.29, 0.717) is 18.6 Å². The Bertz CT molecular complexity index is 333. The number of amides is 1. The van der Waals surface area contributed by atoms with Crippen molar-refractivity contribution < 1.29 is 19.8 Å². The number of carbonyl (C=O) groups is 2. The summed E-state index contributed by atoms with van der Waals surface area (Å²) in [6.45, 7) is 1.83. The standard InChI is InChI=1S/C13H23NO4S/c1-13(18,8-19-2)7-14-11(15)9-5-3-4-6-10(9)12(16)17/h9-10,18H,3-8H2,1-2H3,(H,14,15)(H,16,17)/t9-,10+,13?/m1/s1. The highest BCUT2D eigenvalue weighted by Gasteiger charge is 2.36. The van der Waals surface area contributed by atoms with E-state index in [4.69, 9.17) is 5.11 Å². The first-order valence-electron chi connectivity index (χ1n) is 6.59. The molecule has 3 N–H and O–H groups in total. The average molecular weight is 289 g/mol. The summed E-state index contributed by atoms with van der Waals surface area (Å²) in [6.07, 6.45) is 4.83. The smallest absolute Gasteiger partial charge is 0.307 e. The van der Waals surface area contributed by atoms with E-state index < -0.39 is 23.4 Å². The molecule has 1 fully saturated rings. The van der Waals surface area contributed by atoms with E-state index in [0.717, 1.165) is 12.8 Å². The zero-order chi connectivity index (χ0) is 14.5. The first-order chi connectivity index (χ1) is 8.87. The molecule has 1 unspecified atom stereocenters. The second-order valence-corrected chi connectivity index (χ2v) is 6.35. The molecule has 0 saturated heterocycles. The second kappa shape index (κ2) is 7.14. The molecule has 0 bridgehead atoms. The Morgan fingerprint density at radius 2 is 1.89 bits per heavy atom. The summed E-state index contributed by atoms with van der Waals surface area (Å²) < 4.78 is 0. The van der Waals surface area contributed by atoms with Crippen LogP contribution in [0.2, 0.25) is 0 Å². The Balaban J connectivity index is 2.54. The number of carboxylic acid groups (broad SMARTS) is 1. The number of aliphatic carboxylic acids is 1. The predicted molar refractivity (Wildman–Crippen MR) is 75.1 cm³/mol. The molecule has 19 heavy (non-hydrogen) atoms. The molecule has 1 aliphatic rings. The van der Waals surface area contributed by atoms with Crippen LogP contribution >= 0.6 is 11.8 Å². The number of hydrogen-bond acceptors (Lipinski definition) is 4. The van der Waals surface area contributed by atoms with Crippen LogP contribution in [0.1, 0.15) is 32.6 Å². The van der Waals surface area contributed by atoms with Crippen molar-refractivity contribution in [1.29, 1.82) is 0 Å². The normalized spacial score (nSPS) is 26.5. The highest BCUT2D eigenvalue weighted by Crippen LogP contribution is 2.30. The topological polar surface area (TPSA) is 86.6 Å². The minimum atomic E-state index is -0.956. The fourth-order valence-corrected chi connectivity index (χ4v) is 3.23. The molecular weight excluding hydrogens is 266 g/mol. The van der Waals surface area contributed by atoms with Crippen molar-refractivity contribution in [2.45, 2.75) is 38.2 Å². The molecule has 0 radical (unpaired) electrons. The highest BCUT2D eigenvalue weighted by atomic mass is 32.2. The number of hydrogen-bond donors (Lipinski definition) is 3. The van der Waals surface area contributed by atoms with E-state index in [1.165, 1.54) is 11.8 Å². The molecule has 5 nitrogen and oxygen atoms in total. The molecule has 0 aliphatic heterocycles. The lowest BCUT2D eigenvalue weighted by molar-refractivity contribution is -0.149. The van der Waals surface area contributed by atoms with Gasteiger partial charge in [-0.1, -0.05) is 12.8 Å². The fraction of sp³-hybridized carbons (Fsp3) is 0.846. The first kappa shape index (κ1) is 16.3. The number of nitrogens with one attached hydrogen (secondary N) is 1. The highest BCUT2D eigenvalue weighted by molar-refractivity contribution is 7.98. The lowest BCUT2D eigenvalue weighted by atomic mass is 9.78. The molecule has 0 aromatic heterocycles. The Kier molecular flexibility index (Phi) is 6.13. The molecule has 1 aliphatic carbocycles. The van der Waals surface area contributed by atoms with Crippen LogP contribution < -0.4 is 5.32 Å². The van der Waals surface area contributed by atoms with E-state index in [2.05, 4.69) is 5.32 Å². The average Bonchev–Trinajstić information content (AvgIpc) is 2.36. The minimum absolute atomic E-state index is 0.162. The third-order valence-electron chi connectivity index (χ3n) is 3.52. The molecule has 0 aromatic rings. The minimum Gasteiger partial charge on any atom is -0.481 e. The molecule has 3 atom stereocenters. The zero-order valence-electron chi connectivity index (χ0n) is 11.5. The van der Waals surface area contributed by atoms with Gasteiger partial charge in [-0.15, -0.1) is 0 Å². The third-order valence-corrected chi connectivity index (χ3v) is 4.43. The van der Waals surface area contributed by atoms with Crippen molar-refractivity contribution in [3.63, 3.8) is 0 Å². The number of aliphatic hydroxyl groups is 1. The maximum absolute atomic E-state index is 12.1. The molecular formula is C13H23NO4S. The summed E-state index contributed by atoms with van der Waals surface area (Å²) in [5.41, 5.74) is -0.956. The van der Waals surface area contributed by atoms with Crippen molar-refractivity contribution >= 4 is 23.6 Å². The number of rotatable bonds is 6. The zero-order valence-corrected chi connectivity index (χ0v) is 12.3. The summed E-state index contributed by atoms with van der Waals surface area (Å²) in [7, 11) is 0. The van der Waals surface area contributed by atoms with E-state index in [9.17, 15) is 14.7 Å². The van der Waals surface area contributed by atoms with Gasteiger partial charge in [0.05, 0.1) is 17.4 Å². The van der Waals surface area contributed by atoms with Crippen LogP contribution in [0.4, 0.5) is 0 Å². The van der Waals surface area contributed by atoms with E-state index >= 15 is 0 Å². The second-order valence-electron chi connectivity index (χ2n) is 5.48. The fourth-order valence-electron chi connectivity index (χ4n) is 2.51. The number of carbonyl (C=O) groups excluding carboxylic acids is 1. The van der Waals surface area contributed by atoms with Crippen LogP contribution in [0.25, 0.3) is 0 Å². The van der Waals surface area contributed by atoms with Gasteiger partial charge < -0.3 is 15.5 Å². The lowest BCUT2D eigenvalue weighted by Gasteiger charge is -2.29. The Labute approximate surface area is 118 Å². The van der Waals surface area contributed by atoms with Crippen LogP contribution in [0.3, 0.4) is 0 Å². The van der Waals surface area contributed by atoms with Gasteiger partial charge in [-0.05, 0) is 26.0 Å². The Hall–Kier alpha value is -0.750. The summed E-state index contributed by atoms with van der Waals surface area (Å²) in [4.78, 5) is 23.2. The van der Waals surface area contributed by atoms with Crippen LogP contribution in [-0.4, -0.2) is 46.2 Å². The number of carboxylic acids is 1. The summed E-state index contributed by atoms with van der Waals surface area (Å²) in [5.74, 6) is -1.65. The van der Waals surface area contributed by atoms with Crippen molar-refractivity contribution in [1.82, 2.24) is 5.32 Å². The molecule has 0 aromatic carbocycles. The summed E-state index contributed by atoms with van der Waals surface area (Å²) in [5, 5.41) is 21.8. The monoisotopic (exact) mass is 289 g/mol. The van der Waals surface area contributed by atoms with Gasteiger partial charge in [-0.3, -0.25) is 9.59 Å². The van der Waals surface area contributed by atoms with Crippen LogP contribution in [0.5, 0.6) is 0 Å². The van der Waals surface area contributed by atoms with Gasteiger partial charge >= 0.3 is 5.97 Å². The molecule has 6 heteroatoms. The van der Waals surface area contributed by atoms with Gasteiger partial charge in [0.15, 0.2) is 0 Å². The molecule has 0 heterocycles. The maximum Gasteiger partial charge on any atom is 0.307 e. The molecule has 0 spiro atoms. The van der Waals surface area contributed by atoms with Gasteiger partial charge in [0, 0.05) is 12.3 Å². The largest absolute Gasteiger partial charge is 0.481 e. The SMILES string of the molecule is CSCC(C)(O)CNC(=O)[C@@H]1CCCC[C@@H]1C(=O)O. The quantitative estimate of drug-likeness (QED) is 0.682. The first-order valence-corrected chi connectivity index (χ1v) is 7.98. The Morgan fingerprint density at radius 3 is 2.42 bits per heavy atom. The lowest BCUT2D eigenvalue weighted by Crippen LogP contribution is -2.47. The molecule has 1 amide bonds. The van der Waals surface area contributed by atoms with Gasteiger partial charge in [0.1, 0.15) is 0 Å². The summed E-state index contributed by atoms with van der Waals surface area (Å²) >= 11 is 1.51. The van der Waals surface area contributed by atoms with E-state index in [1.807, 2.05) is 6.26 Å². The molecule has 1 saturated carbocycles. The Morgan fingerprint density at radius 1 is 1.32 bits per heavy atom. The predicted octanol–water partition coefficient (Wildman–Crippen LogP) is 1.11. The van der Waals surface area contributed by atoms with Crippen molar-refractivity contribution in [3.05, 3.63) is 0 Å². The van der Waals surface area contributed by atoms with Crippen LogP contribution in [0.15, 0.2) is 0 Å². The molecule has 1 rings (SSSR count).